The van der Waals surface area contributed by atoms with Crippen LogP contribution < -0.4 is 16.4 Å². The molecule has 1 rings (SSSR count). The molecular weight excluding hydrogens is 230 g/mol. The van der Waals surface area contributed by atoms with Crippen LogP contribution in [-0.4, -0.2) is 29.0 Å². The first-order valence-electron chi connectivity index (χ1n) is 4.91. The van der Waals surface area contributed by atoms with E-state index in [9.17, 15) is 4.79 Å². The molecule has 0 aliphatic rings. The molecule has 0 aromatic carbocycles. The number of hydrogen-bond donors (Lipinski definition) is 3. The van der Waals surface area contributed by atoms with Crippen LogP contribution in [0.2, 0.25) is 5.15 Å². The lowest BCUT2D eigenvalue weighted by atomic mass is 10.4. The Kier molecular flexibility index (Phi) is 4.78. The van der Waals surface area contributed by atoms with Crippen molar-refractivity contribution in [3.63, 3.8) is 0 Å². The molecule has 0 unspecified atom stereocenters. The van der Waals surface area contributed by atoms with Gasteiger partial charge < -0.3 is 16.4 Å². The highest BCUT2D eigenvalue weighted by Gasteiger charge is 2.05. The Morgan fingerprint density at radius 1 is 1.56 bits per heavy atom. The molecule has 4 N–H and O–H groups in total. The van der Waals surface area contributed by atoms with Crippen molar-refractivity contribution in [2.75, 3.05) is 24.1 Å². The summed E-state index contributed by atoms with van der Waals surface area (Å²) in [5.41, 5.74) is 5.93. The number of anilines is 2. The largest absolute Gasteiger partial charge is 0.393 e. The number of nitrogens with two attached hydrogens (primary N) is 1. The molecule has 1 aromatic heterocycles. The number of hydrogen-bond acceptors (Lipinski definition) is 5. The van der Waals surface area contributed by atoms with Gasteiger partial charge in [0.25, 0.3) is 0 Å². The summed E-state index contributed by atoms with van der Waals surface area (Å²) in [7, 11) is 0. The summed E-state index contributed by atoms with van der Waals surface area (Å²) in [5.74, 6) is 0.429. The highest BCUT2D eigenvalue weighted by atomic mass is 35.5. The third-order valence-electron chi connectivity index (χ3n) is 1.85. The minimum atomic E-state index is -0.0197. The molecule has 16 heavy (non-hydrogen) atoms. The third kappa shape index (κ3) is 3.54. The van der Waals surface area contributed by atoms with E-state index in [1.54, 1.807) is 0 Å². The molecule has 0 saturated heterocycles. The maximum atomic E-state index is 11.1. The second-order valence-electron chi connectivity index (χ2n) is 3.06. The van der Waals surface area contributed by atoms with E-state index in [4.69, 9.17) is 17.3 Å². The van der Waals surface area contributed by atoms with Gasteiger partial charge in [0.05, 0.1) is 0 Å². The summed E-state index contributed by atoms with van der Waals surface area (Å²) in [6, 6.07) is 0. The van der Waals surface area contributed by atoms with Gasteiger partial charge in [-0.05, 0) is 6.92 Å². The zero-order valence-electron chi connectivity index (χ0n) is 8.96. The molecule has 0 aliphatic carbocycles. The first kappa shape index (κ1) is 12.5. The summed E-state index contributed by atoms with van der Waals surface area (Å²) >= 11 is 5.71. The molecular formula is C9H14ClN5O. The minimum absolute atomic E-state index is 0.0197. The minimum Gasteiger partial charge on any atom is -0.393 e. The number of rotatable bonds is 5. The summed E-state index contributed by atoms with van der Waals surface area (Å²) in [4.78, 5) is 18.8. The van der Waals surface area contributed by atoms with E-state index in [0.717, 1.165) is 0 Å². The van der Waals surface area contributed by atoms with E-state index in [0.29, 0.717) is 31.0 Å². The van der Waals surface area contributed by atoms with Crippen molar-refractivity contribution in [2.45, 2.75) is 13.3 Å². The Labute approximate surface area is 98.6 Å². The summed E-state index contributed by atoms with van der Waals surface area (Å²) in [6.07, 6.45) is 1.67. The van der Waals surface area contributed by atoms with E-state index in [1.165, 1.54) is 6.33 Å². The lowest BCUT2D eigenvalue weighted by Gasteiger charge is -2.08. The van der Waals surface area contributed by atoms with Gasteiger partial charge in [-0.25, -0.2) is 9.97 Å². The molecule has 7 heteroatoms. The molecule has 0 saturated carbocycles. The third-order valence-corrected chi connectivity index (χ3v) is 2.15. The highest BCUT2D eigenvalue weighted by Crippen LogP contribution is 2.21. The Morgan fingerprint density at radius 2 is 2.31 bits per heavy atom. The summed E-state index contributed by atoms with van der Waals surface area (Å²) in [6.45, 7) is 2.94. The van der Waals surface area contributed by atoms with Crippen molar-refractivity contribution < 1.29 is 4.79 Å². The van der Waals surface area contributed by atoms with Gasteiger partial charge in [-0.15, -0.1) is 0 Å². The quantitative estimate of drug-likeness (QED) is 0.661. The van der Waals surface area contributed by atoms with E-state index in [-0.39, 0.29) is 11.1 Å². The zero-order valence-corrected chi connectivity index (χ0v) is 9.71. The van der Waals surface area contributed by atoms with Gasteiger partial charge in [-0.1, -0.05) is 11.6 Å². The second-order valence-corrected chi connectivity index (χ2v) is 3.42. The topological polar surface area (TPSA) is 92.9 Å². The molecule has 1 aromatic rings. The van der Waals surface area contributed by atoms with Gasteiger partial charge in [0.15, 0.2) is 11.0 Å². The number of nitrogens with zero attached hydrogens (tertiary/aromatic N) is 2. The van der Waals surface area contributed by atoms with Gasteiger partial charge in [-0.3, -0.25) is 4.79 Å². The number of carbonyl (C=O) groups excluding carboxylic acids is 1. The van der Waals surface area contributed by atoms with Crippen molar-refractivity contribution in [1.82, 2.24) is 15.3 Å². The molecule has 0 aliphatic heterocycles. The number of carbonyl (C=O) groups is 1. The predicted molar refractivity (Wildman–Crippen MR) is 63.2 cm³/mol. The SMILES string of the molecule is CCNC(=O)CCNc1ncnc(Cl)c1N. The number of halogens is 1. The van der Waals surface area contributed by atoms with Crippen LogP contribution in [0.5, 0.6) is 0 Å². The zero-order chi connectivity index (χ0) is 12.0. The molecule has 0 radical (unpaired) electrons. The monoisotopic (exact) mass is 243 g/mol. The average molecular weight is 244 g/mol. The van der Waals surface area contributed by atoms with Crippen LogP contribution >= 0.6 is 11.6 Å². The Hall–Kier alpha value is -1.56. The maximum Gasteiger partial charge on any atom is 0.221 e. The molecule has 6 nitrogen and oxygen atoms in total. The van der Waals surface area contributed by atoms with Crippen molar-refractivity contribution in [3.8, 4) is 0 Å². The fraction of sp³-hybridized carbons (Fsp3) is 0.444. The van der Waals surface area contributed by atoms with Crippen molar-refractivity contribution in [2.24, 2.45) is 0 Å². The second kappa shape index (κ2) is 6.12. The number of nitrogens with one attached hydrogen (secondary N) is 2. The van der Waals surface area contributed by atoms with E-state index in [1.807, 2.05) is 6.92 Å². The summed E-state index contributed by atoms with van der Waals surface area (Å²) < 4.78 is 0. The molecule has 88 valence electrons. The van der Waals surface area contributed by atoms with Crippen LogP contribution in [0, 0.1) is 0 Å². The van der Waals surface area contributed by atoms with Crippen molar-refractivity contribution >= 4 is 29.0 Å². The van der Waals surface area contributed by atoms with E-state index >= 15 is 0 Å². The fourth-order valence-corrected chi connectivity index (χ4v) is 1.23. The lowest BCUT2D eigenvalue weighted by molar-refractivity contribution is -0.120. The van der Waals surface area contributed by atoms with Crippen LogP contribution in [0.1, 0.15) is 13.3 Å². The number of nitrogen functional groups attached to an aromatic ring is 1. The first-order chi connectivity index (χ1) is 7.65. The van der Waals surface area contributed by atoms with Crippen molar-refractivity contribution in [1.29, 1.82) is 0 Å². The normalized spacial score (nSPS) is 9.88. The maximum absolute atomic E-state index is 11.1. The lowest BCUT2D eigenvalue weighted by Crippen LogP contribution is -2.25. The number of aromatic nitrogens is 2. The fourth-order valence-electron chi connectivity index (χ4n) is 1.09. The Balaban J connectivity index is 2.43. The Bertz CT molecular complexity index is 371. The molecule has 0 atom stereocenters. The molecule has 0 spiro atoms. The average Bonchev–Trinajstić information content (AvgIpc) is 2.25. The predicted octanol–water partition coefficient (Wildman–Crippen LogP) is 0.650. The van der Waals surface area contributed by atoms with Crippen LogP contribution in [-0.2, 0) is 4.79 Å². The first-order valence-corrected chi connectivity index (χ1v) is 5.29. The van der Waals surface area contributed by atoms with Gasteiger partial charge in [0, 0.05) is 19.5 Å². The van der Waals surface area contributed by atoms with Crippen LogP contribution in [0.15, 0.2) is 6.33 Å². The van der Waals surface area contributed by atoms with E-state index in [2.05, 4.69) is 20.6 Å². The Morgan fingerprint density at radius 3 is 3.00 bits per heavy atom. The van der Waals surface area contributed by atoms with Gasteiger partial charge in [0.1, 0.15) is 12.0 Å². The van der Waals surface area contributed by atoms with Crippen molar-refractivity contribution in [3.05, 3.63) is 11.5 Å². The van der Waals surface area contributed by atoms with E-state index < -0.39 is 0 Å². The highest BCUT2D eigenvalue weighted by molar-refractivity contribution is 6.32. The van der Waals surface area contributed by atoms with Crippen LogP contribution in [0.4, 0.5) is 11.5 Å². The molecule has 0 fully saturated rings. The standard InChI is InChI=1S/C9H14ClN5O/c1-2-12-6(16)3-4-13-9-7(11)8(10)14-5-15-9/h5H,2-4,11H2,1H3,(H,12,16)(H,13,14,15). The summed E-state index contributed by atoms with van der Waals surface area (Å²) in [5, 5.41) is 5.81. The van der Waals surface area contributed by atoms with Gasteiger partial charge in [0.2, 0.25) is 5.91 Å². The van der Waals surface area contributed by atoms with Gasteiger partial charge >= 0.3 is 0 Å². The molecule has 1 heterocycles. The molecule has 0 bridgehead atoms. The molecule has 1 amide bonds. The van der Waals surface area contributed by atoms with Crippen LogP contribution in [0.25, 0.3) is 0 Å². The number of amides is 1. The smallest absolute Gasteiger partial charge is 0.221 e. The van der Waals surface area contributed by atoms with Gasteiger partial charge in [-0.2, -0.15) is 0 Å². The van der Waals surface area contributed by atoms with Crippen LogP contribution in [0.3, 0.4) is 0 Å².